The van der Waals surface area contributed by atoms with Gasteiger partial charge in [-0.05, 0) is 78.5 Å². The Kier molecular flexibility index (Phi) is 7.51. The summed E-state index contributed by atoms with van der Waals surface area (Å²) < 4.78 is 39.3. The molecule has 0 bridgehead atoms. The van der Waals surface area contributed by atoms with Crippen molar-refractivity contribution in [2.75, 3.05) is 32.1 Å². The molecule has 0 N–H and O–H groups in total. The minimum Gasteiger partial charge on any atom is -0.497 e. The number of benzene rings is 3. The molecule has 4 rings (SSSR count). The molecule has 0 aliphatic rings. The number of ether oxygens (including phenoxy) is 2. The maximum absolute atomic E-state index is 13.3. The van der Waals surface area contributed by atoms with E-state index in [0.717, 1.165) is 21.4 Å². The third-order valence-corrected chi connectivity index (χ3v) is 8.88. The van der Waals surface area contributed by atoms with E-state index in [1.807, 2.05) is 42.5 Å². The number of carbonyl (C=O) groups excluding carboxylic acids is 1. The van der Waals surface area contributed by atoms with Crippen LogP contribution < -0.4 is 13.8 Å². The van der Waals surface area contributed by atoms with Gasteiger partial charge in [0.15, 0.2) is 0 Å². The van der Waals surface area contributed by atoms with Crippen LogP contribution in [-0.4, -0.2) is 47.0 Å². The van der Waals surface area contributed by atoms with Crippen LogP contribution in [0.15, 0.2) is 77.7 Å². The fourth-order valence-corrected chi connectivity index (χ4v) is 6.43. The Labute approximate surface area is 215 Å². The van der Waals surface area contributed by atoms with Gasteiger partial charge >= 0.3 is 0 Å². The molecule has 0 saturated heterocycles. The molecule has 36 heavy (non-hydrogen) atoms. The van der Waals surface area contributed by atoms with E-state index in [-0.39, 0.29) is 17.3 Å². The van der Waals surface area contributed by atoms with Crippen LogP contribution in [0.3, 0.4) is 0 Å². The Morgan fingerprint density at radius 3 is 2.08 bits per heavy atom. The fourth-order valence-electron chi connectivity index (χ4n) is 3.92. The second-order valence-electron chi connectivity index (χ2n) is 8.19. The minimum atomic E-state index is -3.76. The molecule has 1 aromatic heterocycles. The van der Waals surface area contributed by atoms with E-state index in [4.69, 9.17) is 9.47 Å². The predicted octanol–water partition coefficient (Wildman–Crippen LogP) is 5.41. The molecule has 9 heteroatoms. The van der Waals surface area contributed by atoms with Gasteiger partial charge in [-0.25, -0.2) is 8.42 Å². The van der Waals surface area contributed by atoms with Crippen molar-refractivity contribution in [2.45, 2.75) is 18.4 Å². The number of fused-ring (bicyclic) bond motifs is 1. The van der Waals surface area contributed by atoms with Crippen LogP contribution >= 0.6 is 11.3 Å². The Morgan fingerprint density at radius 1 is 0.889 bits per heavy atom. The van der Waals surface area contributed by atoms with Crippen molar-refractivity contribution in [1.29, 1.82) is 0 Å². The maximum atomic E-state index is 13.3. The van der Waals surface area contributed by atoms with Crippen LogP contribution in [0.4, 0.5) is 5.69 Å². The second-order valence-corrected chi connectivity index (χ2v) is 11.1. The molecular formula is C27H28N2O5S2. The zero-order valence-corrected chi connectivity index (χ0v) is 22.2. The van der Waals surface area contributed by atoms with Gasteiger partial charge in [0.2, 0.25) is 0 Å². The number of carbonyl (C=O) groups is 1. The summed E-state index contributed by atoms with van der Waals surface area (Å²) in [6.07, 6.45) is 0. The number of hydrogen-bond acceptors (Lipinski definition) is 6. The van der Waals surface area contributed by atoms with Gasteiger partial charge in [0.1, 0.15) is 11.5 Å². The molecule has 188 valence electrons. The first-order chi connectivity index (χ1) is 17.3. The fraction of sp³-hybridized carbons (Fsp3) is 0.222. The summed E-state index contributed by atoms with van der Waals surface area (Å²) in [5, 5.41) is 0.821. The molecule has 0 aliphatic heterocycles. The van der Waals surface area contributed by atoms with E-state index in [1.54, 1.807) is 44.2 Å². The van der Waals surface area contributed by atoms with Crippen LogP contribution in [-0.2, 0) is 16.6 Å². The first-order valence-electron chi connectivity index (χ1n) is 11.4. The average Bonchev–Trinajstić information content (AvgIpc) is 3.32. The van der Waals surface area contributed by atoms with Crippen molar-refractivity contribution in [1.82, 2.24) is 4.90 Å². The third kappa shape index (κ3) is 5.17. The smallest absolute Gasteiger partial charge is 0.264 e. The van der Waals surface area contributed by atoms with Gasteiger partial charge in [-0.1, -0.05) is 12.1 Å². The van der Waals surface area contributed by atoms with Crippen LogP contribution in [0, 0.1) is 0 Å². The lowest BCUT2D eigenvalue weighted by Crippen LogP contribution is -2.30. The van der Waals surface area contributed by atoms with Crippen LogP contribution in [0.2, 0.25) is 0 Å². The summed E-state index contributed by atoms with van der Waals surface area (Å²) in [4.78, 5) is 15.6. The number of rotatable bonds is 9. The largest absolute Gasteiger partial charge is 0.497 e. The minimum absolute atomic E-state index is 0.0910. The predicted molar refractivity (Wildman–Crippen MR) is 144 cm³/mol. The van der Waals surface area contributed by atoms with Crippen molar-refractivity contribution in [3.63, 3.8) is 0 Å². The van der Waals surface area contributed by atoms with Gasteiger partial charge in [-0.15, -0.1) is 11.3 Å². The highest BCUT2D eigenvalue weighted by Crippen LogP contribution is 2.32. The van der Waals surface area contributed by atoms with E-state index >= 15 is 0 Å². The monoisotopic (exact) mass is 524 g/mol. The summed E-state index contributed by atoms with van der Waals surface area (Å²) in [6.45, 7) is 2.52. The van der Waals surface area contributed by atoms with Crippen molar-refractivity contribution < 1.29 is 22.7 Å². The lowest BCUT2D eigenvalue weighted by atomic mass is 10.2. The Bertz CT molecular complexity index is 1460. The molecular weight excluding hydrogens is 496 g/mol. The highest BCUT2D eigenvalue weighted by molar-refractivity contribution is 7.92. The molecule has 4 aromatic rings. The number of sulfonamides is 1. The van der Waals surface area contributed by atoms with Crippen LogP contribution in [0.1, 0.15) is 22.2 Å². The Balaban J connectivity index is 1.57. The quantitative estimate of drug-likeness (QED) is 0.293. The molecule has 0 atom stereocenters. The van der Waals surface area contributed by atoms with E-state index in [1.165, 1.54) is 34.9 Å². The van der Waals surface area contributed by atoms with E-state index in [0.29, 0.717) is 22.9 Å². The number of methoxy groups -OCH3 is 2. The van der Waals surface area contributed by atoms with Gasteiger partial charge in [-0.3, -0.25) is 9.10 Å². The van der Waals surface area contributed by atoms with Gasteiger partial charge in [0.25, 0.3) is 15.9 Å². The highest BCUT2D eigenvalue weighted by Gasteiger charge is 2.24. The summed E-state index contributed by atoms with van der Waals surface area (Å²) in [7, 11) is 1.16. The normalized spacial score (nSPS) is 11.3. The first kappa shape index (κ1) is 25.5. The van der Waals surface area contributed by atoms with Gasteiger partial charge in [0, 0.05) is 24.8 Å². The average molecular weight is 525 g/mol. The van der Waals surface area contributed by atoms with Crippen LogP contribution in [0.5, 0.6) is 11.5 Å². The lowest BCUT2D eigenvalue weighted by molar-refractivity contribution is 0.0790. The standard InChI is InChI=1S/C27H28N2O5S2/c1-5-29(36(31,32)24-13-11-23(34-4)12-14-24)21-8-15-25-20(16-21)17-26(35-25)27(30)28(2)18-19-6-9-22(33-3)10-7-19/h6-17H,5,18H2,1-4H3. The molecule has 0 spiro atoms. The van der Waals surface area contributed by atoms with Gasteiger partial charge in [-0.2, -0.15) is 0 Å². The highest BCUT2D eigenvalue weighted by atomic mass is 32.2. The van der Waals surface area contributed by atoms with Crippen molar-refractivity contribution in [3.8, 4) is 11.5 Å². The van der Waals surface area contributed by atoms with E-state index in [9.17, 15) is 13.2 Å². The summed E-state index contributed by atoms with van der Waals surface area (Å²) in [5.74, 6) is 1.26. The number of thiophene rings is 1. The van der Waals surface area contributed by atoms with Gasteiger partial charge < -0.3 is 14.4 Å². The number of hydrogen-bond donors (Lipinski definition) is 0. The molecule has 1 amide bonds. The molecule has 0 fully saturated rings. The van der Waals surface area contributed by atoms with Crippen molar-refractivity contribution in [2.24, 2.45) is 0 Å². The molecule has 1 heterocycles. The van der Waals surface area contributed by atoms with Crippen LogP contribution in [0.25, 0.3) is 10.1 Å². The molecule has 0 aliphatic carbocycles. The maximum Gasteiger partial charge on any atom is 0.264 e. The Morgan fingerprint density at radius 2 is 1.50 bits per heavy atom. The first-order valence-corrected chi connectivity index (χ1v) is 13.6. The summed E-state index contributed by atoms with van der Waals surface area (Å²) in [5.41, 5.74) is 1.54. The zero-order chi connectivity index (χ0) is 25.9. The molecule has 0 saturated carbocycles. The van der Waals surface area contributed by atoms with E-state index in [2.05, 4.69) is 0 Å². The summed E-state index contributed by atoms with van der Waals surface area (Å²) in [6, 6.07) is 21.2. The SMILES string of the molecule is CCN(c1ccc2sc(C(=O)N(C)Cc3ccc(OC)cc3)cc2c1)S(=O)(=O)c1ccc(OC)cc1. The topological polar surface area (TPSA) is 76.2 Å². The Hall–Kier alpha value is -3.56. The molecule has 7 nitrogen and oxygen atoms in total. The van der Waals surface area contributed by atoms with Crippen molar-refractivity contribution >= 4 is 43.0 Å². The van der Waals surface area contributed by atoms with Gasteiger partial charge in [0.05, 0.1) is 29.7 Å². The van der Waals surface area contributed by atoms with Crippen molar-refractivity contribution in [3.05, 3.63) is 83.2 Å². The second kappa shape index (κ2) is 10.6. The van der Waals surface area contributed by atoms with E-state index < -0.39 is 10.0 Å². The molecule has 3 aromatic carbocycles. The zero-order valence-electron chi connectivity index (χ0n) is 20.6. The lowest BCUT2D eigenvalue weighted by Gasteiger charge is -2.23. The molecule has 0 unspecified atom stereocenters. The summed E-state index contributed by atoms with van der Waals surface area (Å²) >= 11 is 1.39. The third-order valence-electron chi connectivity index (χ3n) is 5.86. The number of amides is 1. The molecule has 0 radical (unpaired) electrons. The number of anilines is 1. The number of nitrogens with zero attached hydrogens (tertiary/aromatic N) is 2.